The Kier molecular flexibility index (Phi) is 17.2. The first-order chi connectivity index (χ1) is 14.4. The first-order valence-corrected chi connectivity index (χ1v) is 11.6. The maximum Gasteiger partial charge on any atom is 0.339 e. The van der Waals surface area contributed by atoms with Crippen LogP contribution in [-0.2, 0) is 23.9 Å². The summed E-state index contributed by atoms with van der Waals surface area (Å²) < 4.78 is 9.89. The highest BCUT2D eigenvalue weighted by Gasteiger charge is 2.42. The van der Waals surface area contributed by atoms with E-state index in [0.717, 1.165) is 12.8 Å². The number of ether oxygens (including phenoxy) is 2. The van der Waals surface area contributed by atoms with Crippen LogP contribution in [0, 0.1) is 0 Å². The number of rotatable bonds is 20. The maximum atomic E-state index is 11.9. The largest absolute Gasteiger partial charge is 0.481 e. The van der Waals surface area contributed by atoms with E-state index in [2.05, 4.69) is 6.92 Å². The van der Waals surface area contributed by atoms with Crippen molar-refractivity contribution in [2.24, 2.45) is 0 Å². The summed E-state index contributed by atoms with van der Waals surface area (Å²) >= 11 is 0. The zero-order valence-corrected chi connectivity index (χ0v) is 19.0. The van der Waals surface area contributed by atoms with E-state index in [0.29, 0.717) is 12.8 Å². The minimum atomic E-state index is -2.39. The lowest BCUT2D eigenvalue weighted by Crippen LogP contribution is -2.44. The molecule has 1 unspecified atom stereocenters. The summed E-state index contributed by atoms with van der Waals surface area (Å²) in [6.45, 7) is 4.25. The second kappa shape index (κ2) is 18.2. The van der Waals surface area contributed by atoms with Crippen LogP contribution in [0.5, 0.6) is 0 Å². The second-order valence-corrected chi connectivity index (χ2v) is 8.02. The van der Waals surface area contributed by atoms with Crippen LogP contribution in [-0.4, -0.2) is 46.9 Å². The molecule has 30 heavy (non-hydrogen) atoms. The SMILES string of the molecule is CCCCCCCCCCCCCCOC(=O)CC(O)(CC(=O)O)C(=O)OCCC. The van der Waals surface area contributed by atoms with Crippen molar-refractivity contribution >= 4 is 17.9 Å². The van der Waals surface area contributed by atoms with Crippen LogP contribution in [0.4, 0.5) is 0 Å². The molecular formula is C23H42O7. The average Bonchev–Trinajstić information content (AvgIpc) is 2.68. The van der Waals surface area contributed by atoms with Crippen LogP contribution in [0.3, 0.4) is 0 Å². The third-order valence-corrected chi connectivity index (χ3v) is 4.96. The van der Waals surface area contributed by atoms with Gasteiger partial charge in [-0.25, -0.2) is 4.79 Å². The van der Waals surface area contributed by atoms with E-state index in [1.165, 1.54) is 57.8 Å². The van der Waals surface area contributed by atoms with Gasteiger partial charge in [0.2, 0.25) is 0 Å². The van der Waals surface area contributed by atoms with Gasteiger partial charge in [0.25, 0.3) is 0 Å². The number of carboxylic acid groups (broad SMARTS) is 1. The Morgan fingerprint density at radius 1 is 0.667 bits per heavy atom. The van der Waals surface area contributed by atoms with E-state index >= 15 is 0 Å². The predicted octanol–water partition coefficient (Wildman–Crippen LogP) is 4.78. The van der Waals surface area contributed by atoms with Gasteiger partial charge in [-0.05, 0) is 12.8 Å². The topological polar surface area (TPSA) is 110 Å². The van der Waals surface area contributed by atoms with Gasteiger partial charge in [0, 0.05) is 0 Å². The Morgan fingerprint density at radius 3 is 1.63 bits per heavy atom. The van der Waals surface area contributed by atoms with Crippen LogP contribution in [0.25, 0.3) is 0 Å². The van der Waals surface area contributed by atoms with Gasteiger partial charge in [-0.1, -0.05) is 84.5 Å². The summed E-state index contributed by atoms with van der Waals surface area (Å²) in [4.78, 5) is 34.8. The van der Waals surface area contributed by atoms with Gasteiger partial charge in [-0.2, -0.15) is 0 Å². The summed E-state index contributed by atoms with van der Waals surface area (Å²) in [5, 5.41) is 19.2. The fraction of sp³-hybridized carbons (Fsp3) is 0.870. The smallest absolute Gasteiger partial charge is 0.339 e. The molecule has 0 bridgehead atoms. The van der Waals surface area contributed by atoms with Crippen LogP contribution < -0.4 is 0 Å². The molecule has 0 saturated carbocycles. The van der Waals surface area contributed by atoms with E-state index in [-0.39, 0.29) is 13.2 Å². The van der Waals surface area contributed by atoms with E-state index in [9.17, 15) is 19.5 Å². The van der Waals surface area contributed by atoms with Crippen molar-refractivity contribution in [1.82, 2.24) is 0 Å². The number of esters is 2. The van der Waals surface area contributed by atoms with Gasteiger partial charge in [-0.15, -0.1) is 0 Å². The summed E-state index contributed by atoms with van der Waals surface area (Å²) in [5.74, 6) is -3.29. The van der Waals surface area contributed by atoms with Crippen molar-refractivity contribution in [2.75, 3.05) is 13.2 Å². The van der Waals surface area contributed by atoms with Gasteiger partial charge >= 0.3 is 17.9 Å². The molecular weight excluding hydrogens is 388 g/mol. The van der Waals surface area contributed by atoms with Crippen molar-refractivity contribution in [1.29, 1.82) is 0 Å². The zero-order valence-electron chi connectivity index (χ0n) is 19.0. The monoisotopic (exact) mass is 430 g/mol. The van der Waals surface area contributed by atoms with Crippen molar-refractivity contribution in [2.45, 2.75) is 116 Å². The number of aliphatic carboxylic acids is 1. The Bertz CT molecular complexity index is 478. The quantitative estimate of drug-likeness (QED) is 0.211. The number of aliphatic hydroxyl groups is 1. The van der Waals surface area contributed by atoms with Crippen molar-refractivity contribution < 1.29 is 34.1 Å². The minimum absolute atomic E-state index is 0.0503. The van der Waals surface area contributed by atoms with Gasteiger partial charge < -0.3 is 19.7 Å². The number of carbonyl (C=O) groups excluding carboxylic acids is 2. The van der Waals surface area contributed by atoms with Crippen LogP contribution in [0.2, 0.25) is 0 Å². The number of hydrogen-bond donors (Lipinski definition) is 2. The molecule has 7 nitrogen and oxygen atoms in total. The molecule has 0 aliphatic carbocycles. The lowest BCUT2D eigenvalue weighted by molar-refractivity contribution is -0.176. The molecule has 0 rings (SSSR count). The highest BCUT2D eigenvalue weighted by molar-refractivity contribution is 5.89. The van der Waals surface area contributed by atoms with Gasteiger partial charge in [-0.3, -0.25) is 9.59 Å². The summed E-state index contributed by atoms with van der Waals surface area (Å²) in [6.07, 6.45) is 13.3. The third-order valence-electron chi connectivity index (χ3n) is 4.96. The normalized spacial score (nSPS) is 12.9. The van der Waals surface area contributed by atoms with E-state index in [1.54, 1.807) is 6.92 Å². The Hall–Kier alpha value is -1.63. The van der Waals surface area contributed by atoms with Gasteiger partial charge in [0.05, 0.1) is 26.1 Å². The lowest BCUT2D eigenvalue weighted by Gasteiger charge is -2.23. The fourth-order valence-corrected chi connectivity index (χ4v) is 3.20. The predicted molar refractivity (Wildman–Crippen MR) is 115 cm³/mol. The summed E-state index contributed by atoms with van der Waals surface area (Å²) in [5.41, 5.74) is -2.39. The van der Waals surface area contributed by atoms with E-state index < -0.39 is 36.4 Å². The van der Waals surface area contributed by atoms with Crippen molar-refractivity contribution in [3.05, 3.63) is 0 Å². The average molecular weight is 431 g/mol. The Morgan fingerprint density at radius 2 is 1.17 bits per heavy atom. The molecule has 0 aromatic carbocycles. The number of carboxylic acids is 1. The number of hydrogen-bond acceptors (Lipinski definition) is 6. The summed E-state index contributed by atoms with van der Waals surface area (Å²) in [7, 11) is 0. The molecule has 0 amide bonds. The van der Waals surface area contributed by atoms with Crippen LogP contribution >= 0.6 is 0 Å². The molecule has 0 aliphatic rings. The van der Waals surface area contributed by atoms with Crippen molar-refractivity contribution in [3.8, 4) is 0 Å². The van der Waals surface area contributed by atoms with Crippen LogP contribution in [0.15, 0.2) is 0 Å². The Labute approximate surface area is 181 Å². The summed E-state index contributed by atoms with van der Waals surface area (Å²) in [6, 6.07) is 0. The van der Waals surface area contributed by atoms with Gasteiger partial charge in [0.15, 0.2) is 5.60 Å². The zero-order chi connectivity index (χ0) is 22.7. The number of carbonyl (C=O) groups is 3. The van der Waals surface area contributed by atoms with Crippen molar-refractivity contribution in [3.63, 3.8) is 0 Å². The molecule has 7 heteroatoms. The molecule has 0 radical (unpaired) electrons. The molecule has 2 N–H and O–H groups in total. The fourth-order valence-electron chi connectivity index (χ4n) is 3.20. The molecule has 0 heterocycles. The molecule has 0 aromatic rings. The van der Waals surface area contributed by atoms with E-state index in [1.807, 2.05) is 0 Å². The Balaban J connectivity index is 3.88. The molecule has 0 spiro atoms. The maximum absolute atomic E-state index is 11.9. The highest BCUT2D eigenvalue weighted by atomic mass is 16.6. The lowest BCUT2D eigenvalue weighted by atomic mass is 9.95. The number of unbranched alkanes of at least 4 members (excludes halogenated alkanes) is 11. The minimum Gasteiger partial charge on any atom is -0.481 e. The third kappa shape index (κ3) is 15.2. The molecule has 176 valence electrons. The molecule has 0 aromatic heterocycles. The molecule has 0 aliphatic heterocycles. The first-order valence-electron chi connectivity index (χ1n) is 11.6. The molecule has 0 saturated heterocycles. The van der Waals surface area contributed by atoms with Gasteiger partial charge in [0.1, 0.15) is 0 Å². The first kappa shape index (κ1) is 28.4. The molecule has 1 atom stereocenters. The van der Waals surface area contributed by atoms with Crippen LogP contribution in [0.1, 0.15) is 110 Å². The highest BCUT2D eigenvalue weighted by Crippen LogP contribution is 2.19. The standard InChI is InChI=1S/C23H42O7/c1-3-5-6-7-8-9-10-11-12-13-14-15-17-29-21(26)19-23(28,18-20(24)25)22(27)30-16-4-2/h28H,3-19H2,1-2H3,(H,24,25). The second-order valence-electron chi connectivity index (χ2n) is 8.02. The molecule has 0 fully saturated rings. The van der Waals surface area contributed by atoms with E-state index in [4.69, 9.17) is 14.6 Å².